The summed E-state index contributed by atoms with van der Waals surface area (Å²) in [6.07, 6.45) is 1.56. The Kier molecular flexibility index (Phi) is 4.99. The van der Waals surface area contributed by atoms with Crippen LogP contribution in [0.1, 0.15) is 16.7 Å². The number of oxazole rings is 1. The number of fused-ring (bicyclic) bond motifs is 1. The molecule has 5 nitrogen and oxygen atoms in total. The highest BCUT2D eigenvalue weighted by molar-refractivity contribution is 6.31. The zero-order chi connectivity index (χ0) is 20.5. The summed E-state index contributed by atoms with van der Waals surface area (Å²) < 4.78 is 11.1. The smallest absolute Gasteiger partial charge is 0.227 e. The zero-order valence-corrected chi connectivity index (χ0v) is 17.0. The molecule has 0 spiro atoms. The quantitative estimate of drug-likeness (QED) is 0.408. The van der Waals surface area contributed by atoms with Crippen molar-refractivity contribution >= 4 is 34.6 Å². The lowest BCUT2D eigenvalue weighted by Gasteiger charge is -2.07. The Balaban J connectivity index is 1.73. The molecule has 4 rings (SSSR count). The van der Waals surface area contributed by atoms with Crippen LogP contribution in [0.3, 0.4) is 0 Å². The Morgan fingerprint density at radius 1 is 1.10 bits per heavy atom. The molecule has 6 heteroatoms. The van der Waals surface area contributed by atoms with E-state index < -0.39 is 0 Å². The lowest BCUT2D eigenvalue weighted by Crippen LogP contribution is -1.89. The number of rotatable bonds is 4. The van der Waals surface area contributed by atoms with E-state index in [0.717, 1.165) is 33.5 Å². The van der Waals surface area contributed by atoms with E-state index >= 15 is 0 Å². The number of nitrogens with zero attached hydrogens (tertiary/aromatic N) is 2. The van der Waals surface area contributed by atoms with Crippen LogP contribution in [0.2, 0.25) is 5.02 Å². The maximum atomic E-state index is 10.3. The Bertz CT molecular complexity index is 1240. The maximum absolute atomic E-state index is 10.3. The van der Waals surface area contributed by atoms with Crippen molar-refractivity contribution in [2.24, 2.45) is 4.99 Å². The molecule has 1 heterocycles. The second-order valence-corrected chi connectivity index (χ2v) is 7.18. The van der Waals surface area contributed by atoms with E-state index in [9.17, 15) is 5.11 Å². The molecule has 0 aliphatic heterocycles. The number of hydrogen-bond donors (Lipinski definition) is 1. The monoisotopic (exact) mass is 406 g/mol. The van der Waals surface area contributed by atoms with Gasteiger partial charge in [0.2, 0.25) is 5.89 Å². The predicted molar refractivity (Wildman–Crippen MR) is 116 cm³/mol. The first-order chi connectivity index (χ1) is 14.0. The molecule has 0 aliphatic carbocycles. The molecule has 4 aromatic rings. The predicted octanol–water partition coefficient (Wildman–Crippen LogP) is 6.23. The van der Waals surface area contributed by atoms with E-state index in [0.29, 0.717) is 22.2 Å². The number of benzene rings is 3. The van der Waals surface area contributed by atoms with E-state index in [1.165, 1.54) is 7.11 Å². The second kappa shape index (κ2) is 7.60. The van der Waals surface area contributed by atoms with Gasteiger partial charge in [-0.25, -0.2) is 4.98 Å². The highest BCUT2D eigenvalue weighted by atomic mass is 35.5. The summed E-state index contributed by atoms with van der Waals surface area (Å²) >= 11 is 6.10. The summed E-state index contributed by atoms with van der Waals surface area (Å²) in [5.41, 5.74) is 5.67. The third-order valence-electron chi connectivity index (χ3n) is 4.71. The van der Waals surface area contributed by atoms with Crippen LogP contribution in [0.25, 0.3) is 22.6 Å². The van der Waals surface area contributed by atoms with Gasteiger partial charge in [-0.2, -0.15) is 0 Å². The van der Waals surface area contributed by atoms with Crippen LogP contribution >= 0.6 is 11.6 Å². The molecule has 3 aromatic carbocycles. The van der Waals surface area contributed by atoms with Gasteiger partial charge in [0.1, 0.15) is 5.52 Å². The van der Waals surface area contributed by atoms with Gasteiger partial charge < -0.3 is 14.3 Å². The lowest BCUT2D eigenvalue weighted by atomic mass is 10.1. The summed E-state index contributed by atoms with van der Waals surface area (Å²) in [5.74, 6) is 0.827. The number of halogens is 1. The second-order valence-electron chi connectivity index (χ2n) is 6.75. The number of phenols is 1. The number of hydrogen-bond acceptors (Lipinski definition) is 5. The Morgan fingerprint density at radius 2 is 1.93 bits per heavy atom. The minimum Gasteiger partial charge on any atom is -0.504 e. The summed E-state index contributed by atoms with van der Waals surface area (Å²) in [6, 6.07) is 14.9. The lowest BCUT2D eigenvalue weighted by molar-refractivity contribution is 0.373. The van der Waals surface area contributed by atoms with Crippen LogP contribution in [0, 0.1) is 13.8 Å². The fourth-order valence-corrected chi connectivity index (χ4v) is 3.30. The van der Waals surface area contributed by atoms with Crippen LogP contribution in [-0.2, 0) is 0 Å². The first-order valence-corrected chi connectivity index (χ1v) is 9.42. The normalized spacial score (nSPS) is 11.4. The molecule has 0 unspecified atom stereocenters. The van der Waals surface area contributed by atoms with E-state index in [-0.39, 0.29) is 5.75 Å². The summed E-state index contributed by atoms with van der Waals surface area (Å²) in [4.78, 5) is 9.17. The van der Waals surface area contributed by atoms with Crippen molar-refractivity contribution < 1.29 is 14.3 Å². The van der Waals surface area contributed by atoms with Crippen molar-refractivity contribution in [2.45, 2.75) is 13.8 Å². The van der Waals surface area contributed by atoms with E-state index in [4.69, 9.17) is 20.8 Å². The maximum Gasteiger partial charge on any atom is 0.227 e. The zero-order valence-electron chi connectivity index (χ0n) is 16.2. The molecular formula is C23H19ClN2O3. The van der Waals surface area contributed by atoms with Crippen LogP contribution in [0.5, 0.6) is 11.5 Å². The fourth-order valence-electron chi connectivity index (χ4n) is 3.08. The van der Waals surface area contributed by atoms with Crippen molar-refractivity contribution in [3.63, 3.8) is 0 Å². The molecule has 1 aromatic heterocycles. The third-order valence-corrected chi connectivity index (χ3v) is 4.93. The molecule has 0 amide bonds. The van der Waals surface area contributed by atoms with Gasteiger partial charge in [-0.1, -0.05) is 29.8 Å². The van der Waals surface area contributed by atoms with Crippen molar-refractivity contribution in [3.05, 3.63) is 70.2 Å². The summed E-state index contributed by atoms with van der Waals surface area (Å²) in [6.45, 7) is 3.97. The Morgan fingerprint density at radius 3 is 2.69 bits per heavy atom. The van der Waals surface area contributed by atoms with E-state index in [2.05, 4.69) is 9.98 Å². The van der Waals surface area contributed by atoms with Crippen LogP contribution in [0.15, 0.2) is 57.9 Å². The number of aromatic hydroxyl groups is 1. The van der Waals surface area contributed by atoms with Gasteiger partial charge in [-0.15, -0.1) is 0 Å². The molecule has 1 N–H and O–H groups in total. The number of methoxy groups -OCH3 is 1. The number of aliphatic imine (C=N–C) groups is 1. The van der Waals surface area contributed by atoms with Gasteiger partial charge in [-0.05, 0) is 49.2 Å². The number of aromatic nitrogens is 1. The molecule has 0 saturated carbocycles. The van der Waals surface area contributed by atoms with Crippen molar-refractivity contribution in [2.75, 3.05) is 7.11 Å². The molecule has 29 heavy (non-hydrogen) atoms. The molecule has 0 bridgehead atoms. The van der Waals surface area contributed by atoms with Crippen molar-refractivity contribution in [3.8, 4) is 23.0 Å². The average Bonchev–Trinajstić information content (AvgIpc) is 3.15. The first kappa shape index (κ1) is 19.0. The van der Waals surface area contributed by atoms with Gasteiger partial charge >= 0.3 is 0 Å². The van der Waals surface area contributed by atoms with Crippen LogP contribution < -0.4 is 4.74 Å². The van der Waals surface area contributed by atoms with Crippen molar-refractivity contribution in [1.29, 1.82) is 0 Å². The molecular weight excluding hydrogens is 388 g/mol. The molecule has 0 saturated heterocycles. The number of para-hydroxylation sites is 1. The van der Waals surface area contributed by atoms with Crippen LogP contribution in [0.4, 0.5) is 5.69 Å². The van der Waals surface area contributed by atoms with Gasteiger partial charge in [0.15, 0.2) is 17.1 Å². The topological polar surface area (TPSA) is 67.9 Å². The molecule has 146 valence electrons. The summed E-state index contributed by atoms with van der Waals surface area (Å²) in [5, 5.41) is 10.8. The Hall–Kier alpha value is -3.31. The Labute approximate surface area is 173 Å². The van der Waals surface area contributed by atoms with Crippen molar-refractivity contribution in [1.82, 2.24) is 4.98 Å². The summed E-state index contributed by atoms with van der Waals surface area (Å²) in [7, 11) is 1.47. The fraction of sp³-hybridized carbons (Fsp3) is 0.130. The number of ether oxygens (including phenoxy) is 1. The highest BCUT2D eigenvalue weighted by Gasteiger charge is 2.12. The third kappa shape index (κ3) is 3.69. The van der Waals surface area contributed by atoms with Gasteiger partial charge in [0.05, 0.1) is 12.8 Å². The SMILES string of the molecule is COc1cc(Cl)cc(C=Nc2cc(-c3nc4c(C)cccc4o3)ccc2C)c1O. The highest BCUT2D eigenvalue weighted by Crippen LogP contribution is 2.34. The molecule has 0 radical (unpaired) electrons. The van der Waals surface area contributed by atoms with E-state index in [1.807, 2.05) is 50.2 Å². The molecule has 0 fully saturated rings. The van der Waals surface area contributed by atoms with Gasteiger partial charge in [0, 0.05) is 28.4 Å². The van der Waals surface area contributed by atoms with E-state index in [1.54, 1.807) is 18.3 Å². The average molecular weight is 407 g/mol. The number of phenolic OH excluding ortho intramolecular Hbond substituents is 1. The molecule has 0 atom stereocenters. The van der Waals surface area contributed by atoms with Gasteiger partial charge in [-0.3, -0.25) is 4.99 Å². The first-order valence-electron chi connectivity index (χ1n) is 9.04. The number of aryl methyl sites for hydroxylation is 2. The minimum absolute atomic E-state index is 0.0103. The standard InChI is InChI=1S/C23H19ClN2O3/c1-13-7-8-15(23-26-21-14(2)5-4-6-19(21)29-23)10-18(13)25-12-16-9-17(24)11-20(28-3)22(16)27/h4-12,27H,1-3H3. The molecule has 0 aliphatic rings. The minimum atomic E-state index is -0.0103. The van der Waals surface area contributed by atoms with Gasteiger partial charge in [0.25, 0.3) is 0 Å². The van der Waals surface area contributed by atoms with Crippen LogP contribution in [-0.4, -0.2) is 23.4 Å². The largest absolute Gasteiger partial charge is 0.504 e.